The van der Waals surface area contributed by atoms with E-state index < -0.39 is 157 Å². The molecule has 0 aliphatic heterocycles. The van der Waals surface area contributed by atoms with Gasteiger partial charge in [-0.2, -0.15) is 0 Å². The molecule has 0 spiro atoms. The van der Waals surface area contributed by atoms with Gasteiger partial charge in [0.05, 0.1) is 43.9 Å². The van der Waals surface area contributed by atoms with E-state index in [1.807, 2.05) is 0 Å². The maximum Gasteiger partial charge on any atom is 0.328 e. The molecule has 0 aliphatic carbocycles. The number of aliphatic carboxylic acids is 2. The summed E-state index contributed by atoms with van der Waals surface area (Å²) in [6.45, 7) is 2.51. The van der Waals surface area contributed by atoms with Crippen LogP contribution >= 0.6 is 0 Å². The second kappa shape index (κ2) is 33.9. The minimum atomic E-state index is -2.07. The lowest BCUT2D eigenvalue weighted by atomic mass is 10.0. The second-order valence-corrected chi connectivity index (χ2v) is 19.2. The van der Waals surface area contributed by atoms with Gasteiger partial charge < -0.3 is 106 Å². The van der Waals surface area contributed by atoms with E-state index in [0.717, 1.165) is 13.8 Å². The van der Waals surface area contributed by atoms with Crippen molar-refractivity contribution in [3.8, 4) is 5.75 Å². The van der Waals surface area contributed by atoms with Crippen molar-refractivity contribution in [2.24, 2.45) is 27.9 Å². The molecule has 3 aromatic rings. The van der Waals surface area contributed by atoms with Crippen molar-refractivity contribution in [1.29, 1.82) is 0 Å². The van der Waals surface area contributed by atoms with Crippen LogP contribution in [0.4, 0.5) is 0 Å². The number of imidazole rings is 2. The zero-order chi connectivity index (χ0) is 62.8. The van der Waals surface area contributed by atoms with Crippen molar-refractivity contribution in [2.75, 3.05) is 13.1 Å². The molecule has 24 N–H and O–H groups in total. The number of hydrogen-bond donors (Lipinski definition) is 20. The smallest absolute Gasteiger partial charge is 0.328 e. The van der Waals surface area contributed by atoms with Gasteiger partial charge in [-0.05, 0) is 57.7 Å². The summed E-state index contributed by atoms with van der Waals surface area (Å²) >= 11 is 0. The molecule has 10 amide bonds. The molecule has 2 aromatic heterocycles. The molecule has 35 nitrogen and oxygen atoms in total. The highest BCUT2D eigenvalue weighted by Gasteiger charge is 2.37. The van der Waals surface area contributed by atoms with Gasteiger partial charge in [0, 0.05) is 56.0 Å². The molecule has 2 heterocycles. The van der Waals surface area contributed by atoms with Crippen LogP contribution in [0, 0.1) is 0 Å². The summed E-state index contributed by atoms with van der Waals surface area (Å²) in [5.41, 5.74) is 22.9. The lowest BCUT2D eigenvalue weighted by molar-refractivity contribution is -0.145. The molecule has 0 unspecified atom stereocenters. The van der Waals surface area contributed by atoms with Crippen molar-refractivity contribution < 1.29 is 83.1 Å². The van der Waals surface area contributed by atoms with Crippen LogP contribution in [0.1, 0.15) is 69.8 Å². The number of aliphatic hydroxyl groups excluding tert-OH is 2. The highest BCUT2D eigenvalue weighted by Crippen LogP contribution is 2.13. The Bertz CT molecular complexity index is 2770. The molecule has 0 saturated carbocycles. The Morgan fingerprint density at radius 3 is 1.56 bits per heavy atom. The topological polar surface area (TPSA) is 588 Å². The van der Waals surface area contributed by atoms with E-state index in [4.69, 9.17) is 22.9 Å². The Labute approximate surface area is 478 Å². The number of nitrogens with two attached hydrogens (primary N) is 4. The van der Waals surface area contributed by atoms with Crippen LogP contribution in [0.3, 0.4) is 0 Å². The van der Waals surface area contributed by atoms with Gasteiger partial charge in [-0.25, -0.2) is 14.8 Å². The molecule has 1 aromatic carbocycles. The molecule has 84 heavy (non-hydrogen) atoms. The number of carbonyl (C=O) groups is 12. The summed E-state index contributed by atoms with van der Waals surface area (Å²) < 4.78 is 0. The number of carbonyl (C=O) groups excluding carboxylic acids is 10. The number of hydrogen-bond acceptors (Lipinski definition) is 19. The summed E-state index contributed by atoms with van der Waals surface area (Å²) in [6.07, 6.45) is -0.959. The van der Waals surface area contributed by atoms with Gasteiger partial charge in [0.15, 0.2) is 12.0 Å². The van der Waals surface area contributed by atoms with Crippen LogP contribution in [0.25, 0.3) is 0 Å². The van der Waals surface area contributed by atoms with E-state index >= 15 is 0 Å². The largest absolute Gasteiger partial charge is 0.508 e. The average molecular weight is 1190 g/mol. The third-order valence-corrected chi connectivity index (χ3v) is 12.2. The van der Waals surface area contributed by atoms with Gasteiger partial charge in [0.1, 0.15) is 48.0 Å². The number of phenols is 1. The minimum Gasteiger partial charge on any atom is -0.508 e. The van der Waals surface area contributed by atoms with Crippen LogP contribution < -0.4 is 70.8 Å². The van der Waals surface area contributed by atoms with Crippen LogP contribution in [0.15, 0.2) is 54.3 Å². The number of aromatic amines is 2. The highest BCUT2D eigenvalue weighted by atomic mass is 16.4. The predicted octanol–water partition coefficient (Wildman–Crippen LogP) is -8.15. The molecular formula is C49H72N18O17. The fourth-order valence-corrected chi connectivity index (χ4v) is 7.65. The first-order chi connectivity index (χ1) is 39.5. The summed E-state index contributed by atoms with van der Waals surface area (Å²) in [7, 11) is 0. The van der Waals surface area contributed by atoms with Gasteiger partial charge in [-0.1, -0.05) is 12.1 Å². The number of aromatic nitrogens is 4. The molecular weight excluding hydrogens is 1110 g/mol. The molecule has 3 rings (SSSR count). The number of rotatable bonds is 36. The van der Waals surface area contributed by atoms with Gasteiger partial charge >= 0.3 is 11.9 Å². The number of aromatic hydroxyl groups is 1. The third-order valence-electron chi connectivity index (χ3n) is 12.2. The Morgan fingerprint density at radius 1 is 0.583 bits per heavy atom. The van der Waals surface area contributed by atoms with Crippen LogP contribution in [0.5, 0.6) is 5.75 Å². The number of phenolic OH excluding ortho intramolecular Hbond substituents is 1. The summed E-state index contributed by atoms with van der Waals surface area (Å²) in [4.78, 5) is 175. The Morgan fingerprint density at radius 2 is 1.07 bits per heavy atom. The van der Waals surface area contributed by atoms with Crippen molar-refractivity contribution >= 4 is 77.0 Å². The van der Waals surface area contributed by atoms with Crippen LogP contribution in [0.2, 0.25) is 0 Å². The monoisotopic (exact) mass is 1180 g/mol. The number of aliphatic imine (C=N–C) groups is 1. The Kier molecular flexibility index (Phi) is 27.6. The average Bonchev–Trinajstić information content (AvgIpc) is 4.23. The number of H-pyrrole nitrogens is 2. The summed E-state index contributed by atoms with van der Waals surface area (Å²) in [5, 5.41) is 70.6. The predicted molar refractivity (Wildman–Crippen MR) is 290 cm³/mol. The van der Waals surface area contributed by atoms with E-state index in [0.29, 0.717) is 11.3 Å². The maximum atomic E-state index is 14.3. The number of nitrogens with zero attached hydrogens (tertiary/aromatic N) is 3. The lowest BCUT2D eigenvalue weighted by Gasteiger charge is -2.28. The number of guanidine groups is 1. The van der Waals surface area contributed by atoms with E-state index in [9.17, 15) is 83.1 Å². The van der Waals surface area contributed by atoms with Crippen LogP contribution in [-0.4, -0.2) is 202 Å². The molecule has 0 fully saturated rings. The van der Waals surface area contributed by atoms with Crippen molar-refractivity contribution in [3.05, 3.63) is 66.3 Å². The van der Waals surface area contributed by atoms with Gasteiger partial charge in [0.25, 0.3) is 0 Å². The number of carboxylic acids is 2. The maximum absolute atomic E-state index is 14.3. The highest BCUT2D eigenvalue weighted by molar-refractivity contribution is 5.99. The molecule has 0 aliphatic rings. The normalized spacial score (nSPS) is 14.9. The Hall–Kier alpha value is -9.77. The minimum absolute atomic E-state index is 0.0313. The first kappa shape index (κ1) is 68.5. The second-order valence-electron chi connectivity index (χ2n) is 19.2. The van der Waals surface area contributed by atoms with E-state index in [-0.39, 0.29) is 62.5 Å². The first-order valence-electron chi connectivity index (χ1n) is 25.9. The molecule has 0 radical (unpaired) electrons. The van der Waals surface area contributed by atoms with E-state index in [2.05, 4.69) is 72.8 Å². The van der Waals surface area contributed by atoms with Crippen molar-refractivity contribution in [1.82, 2.24) is 67.8 Å². The molecule has 35 heteroatoms. The fraction of sp³-hybridized carbons (Fsp3) is 0.490. The molecule has 0 saturated heterocycles. The molecule has 11 atom stereocenters. The zero-order valence-corrected chi connectivity index (χ0v) is 45.8. The van der Waals surface area contributed by atoms with Gasteiger partial charge in [0.2, 0.25) is 59.1 Å². The standard InChI is InChI=1S/C49H72N18O17/c1-22(40(75)67-39(24(3)69)48(83)84)60-36(72)19-57-42(77)30(5-4-12-56-49(52)53)61-43(78)33(15-27-18-55-21-59-27)64-45(80)34(16-37(73)74)65-47(82)38(23(2)68)66-46(81)31(13-25-6-8-28(70)9-7-25)63-44(79)32(14-26-17-54-20-58-26)62-41(76)29(50)10-11-35(51)71/h6-9,17-18,20-24,29-34,38-39,68-70H,4-5,10-16,19,50H2,1-3H3,(H2,51,71)(H,54,58)(H,55,59)(H,57,77)(H,60,72)(H,61,78)(H,62,76)(H,63,79)(H,64,80)(H,65,82)(H,66,81)(H,67,75)(H,73,74)(H,83,84)(H4,52,53,56)/t22-,23+,24+,29-,30-,31-,32-,33-,34-,38-,39-/m0/s1. The van der Waals surface area contributed by atoms with Crippen LogP contribution in [-0.2, 0) is 76.8 Å². The molecule has 0 bridgehead atoms. The number of benzene rings is 1. The Balaban J connectivity index is 1.89. The van der Waals surface area contributed by atoms with Gasteiger partial charge in [-0.3, -0.25) is 57.7 Å². The quantitative estimate of drug-likeness (QED) is 0.0146. The summed E-state index contributed by atoms with van der Waals surface area (Å²) in [5.74, 6) is -14.1. The van der Waals surface area contributed by atoms with Crippen molar-refractivity contribution in [2.45, 2.75) is 139 Å². The zero-order valence-electron chi connectivity index (χ0n) is 45.8. The third kappa shape index (κ3) is 24.1. The summed E-state index contributed by atoms with van der Waals surface area (Å²) in [6, 6.07) is -9.43. The van der Waals surface area contributed by atoms with E-state index in [1.165, 1.54) is 56.2 Å². The number of primary amides is 1. The van der Waals surface area contributed by atoms with E-state index in [1.54, 1.807) is 0 Å². The molecule has 460 valence electrons. The number of amides is 10. The first-order valence-corrected chi connectivity index (χ1v) is 25.9. The lowest BCUT2D eigenvalue weighted by Crippen LogP contribution is -2.62. The van der Waals surface area contributed by atoms with Crippen molar-refractivity contribution in [3.63, 3.8) is 0 Å². The fourth-order valence-electron chi connectivity index (χ4n) is 7.65. The SMILES string of the molecule is C[C@H](NC(=O)CNC(=O)[C@H](CCCN=C(N)N)NC(=O)[C@H](Cc1cnc[nH]1)NC(=O)[C@H](CC(=O)O)NC(=O)[C@@H](NC(=O)[C@H](Cc1ccc(O)cc1)NC(=O)[C@H](Cc1cnc[nH]1)NC(=O)[C@@H](N)CCC(N)=O)[C@@H](C)O)C(=O)N[C@H](C(=O)O)[C@@H](C)O. The number of carboxylic acid groups (broad SMARTS) is 2. The number of aliphatic hydroxyl groups is 2. The number of nitrogens with one attached hydrogen (secondary N) is 11. The van der Waals surface area contributed by atoms with Gasteiger partial charge in [-0.15, -0.1) is 0 Å².